The molecule has 0 radical (unpaired) electrons. The van der Waals surface area contributed by atoms with Crippen LogP contribution in [0.2, 0.25) is 0 Å². The molecule has 0 fully saturated rings. The number of aromatic hydroxyl groups is 1. The van der Waals surface area contributed by atoms with Gasteiger partial charge in [-0.15, -0.1) is 0 Å². The third-order valence-corrected chi connectivity index (χ3v) is 2.58. The van der Waals surface area contributed by atoms with E-state index in [9.17, 15) is 14.3 Å². The second kappa shape index (κ2) is 6.12. The Bertz CT molecular complexity index is 494. The molecule has 1 rings (SSSR count). The van der Waals surface area contributed by atoms with Gasteiger partial charge in [0.2, 0.25) is 0 Å². The summed E-state index contributed by atoms with van der Waals surface area (Å²) in [6.07, 6.45) is 0.353. The summed E-state index contributed by atoms with van der Waals surface area (Å²) in [5.74, 6) is -1.12. The summed E-state index contributed by atoms with van der Waals surface area (Å²) >= 11 is 0. The van der Waals surface area contributed by atoms with Crippen molar-refractivity contribution in [3.63, 3.8) is 0 Å². The minimum absolute atomic E-state index is 0.0151. The molecule has 96 valence electrons. The highest BCUT2D eigenvalue weighted by Gasteiger charge is 2.14. The highest BCUT2D eigenvalue weighted by molar-refractivity contribution is 5.97. The number of phenolic OH excluding ortho intramolecular Hbond substituents is 1. The fraction of sp³-hybridized carbons (Fsp3) is 0.385. The second-order valence-corrected chi connectivity index (χ2v) is 4.16. The van der Waals surface area contributed by atoms with Crippen LogP contribution in [-0.4, -0.2) is 29.4 Å². The Balaban J connectivity index is 2.96. The quantitative estimate of drug-likeness (QED) is 0.812. The molecule has 1 aromatic rings. The van der Waals surface area contributed by atoms with Gasteiger partial charge in [0.05, 0.1) is 11.6 Å². The van der Waals surface area contributed by atoms with Crippen LogP contribution in [0.25, 0.3) is 0 Å². The first-order chi connectivity index (χ1) is 8.45. The lowest BCUT2D eigenvalue weighted by molar-refractivity contribution is 0.101. The number of phenols is 1. The zero-order valence-electron chi connectivity index (χ0n) is 10.4. The smallest absolute Gasteiger partial charge is 0.163 e. The van der Waals surface area contributed by atoms with E-state index in [1.807, 2.05) is 6.07 Å². The van der Waals surface area contributed by atoms with E-state index >= 15 is 0 Å². The fourth-order valence-electron chi connectivity index (χ4n) is 1.66. The summed E-state index contributed by atoms with van der Waals surface area (Å²) in [7, 11) is 1.76. The zero-order valence-corrected chi connectivity index (χ0v) is 10.4. The molecule has 0 aliphatic carbocycles. The van der Waals surface area contributed by atoms with E-state index in [1.54, 1.807) is 11.9 Å². The molecule has 0 atom stereocenters. The van der Waals surface area contributed by atoms with Crippen LogP contribution >= 0.6 is 0 Å². The molecule has 0 aliphatic heterocycles. The summed E-state index contributed by atoms with van der Waals surface area (Å²) in [4.78, 5) is 13.0. The molecule has 0 spiro atoms. The maximum atomic E-state index is 13.3. The summed E-state index contributed by atoms with van der Waals surface area (Å²) in [6.45, 7) is 2.07. The number of hydrogen-bond acceptors (Lipinski definition) is 4. The number of halogens is 1. The number of nitrogens with zero attached hydrogens (tertiary/aromatic N) is 2. The van der Waals surface area contributed by atoms with Gasteiger partial charge in [-0.25, -0.2) is 4.39 Å². The number of nitriles is 1. The van der Waals surface area contributed by atoms with E-state index in [4.69, 9.17) is 5.26 Å². The van der Waals surface area contributed by atoms with Gasteiger partial charge in [0.1, 0.15) is 11.6 Å². The van der Waals surface area contributed by atoms with Crippen molar-refractivity contribution >= 4 is 5.78 Å². The molecule has 0 saturated carbocycles. The maximum Gasteiger partial charge on any atom is 0.163 e. The average Bonchev–Trinajstić information content (AvgIpc) is 2.30. The third-order valence-electron chi connectivity index (χ3n) is 2.58. The van der Waals surface area contributed by atoms with Gasteiger partial charge in [-0.1, -0.05) is 0 Å². The van der Waals surface area contributed by atoms with Crippen molar-refractivity contribution in [3.05, 3.63) is 29.1 Å². The van der Waals surface area contributed by atoms with E-state index < -0.39 is 5.82 Å². The third kappa shape index (κ3) is 3.54. The summed E-state index contributed by atoms with van der Waals surface area (Å²) < 4.78 is 13.3. The first-order valence-corrected chi connectivity index (χ1v) is 5.53. The average molecular weight is 250 g/mol. The van der Waals surface area contributed by atoms with Crippen molar-refractivity contribution in [2.45, 2.75) is 19.9 Å². The maximum absolute atomic E-state index is 13.3. The first kappa shape index (κ1) is 14.1. The summed E-state index contributed by atoms with van der Waals surface area (Å²) in [5.41, 5.74) is 0.333. The van der Waals surface area contributed by atoms with Crippen molar-refractivity contribution in [3.8, 4) is 11.8 Å². The normalized spacial score (nSPS) is 10.4. The fourth-order valence-corrected chi connectivity index (χ4v) is 1.66. The Morgan fingerprint density at radius 3 is 2.78 bits per heavy atom. The van der Waals surface area contributed by atoms with Gasteiger partial charge in [0, 0.05) is 25.1 Å². The van der Waals surface area contributed by atoms with Crippen molar-refractivity contribution in [1.29, 1.82) is 5.26 Å². The molecule has 1 N–H and O–H groups in total. The Kier molecular flexibility index (Phi) is 4.81. The first-order valence-electron chi connectivity index (χ1n) is 5.53. The van der Waals surface area contributed by atoms with Crippen molar-refractivity contribution in [2.75, 3.05) is 13.6 Å². The number of carbonyl (C=O) groups excluding carboxylic acids is 1. The van der Waals surface area contributed by atoms with Gasteiger partial charge in [-0.2, -0.15) is 5.26 Å². The highest BCUT2D eigenvalue weighted by atomic mass is 19.1. The number of ketones is 1. The molecule has 0 saturated heterocycles. The highest BCUT2D eigenvalue weighted by Crippen LogP contribution is 2.25. The number of benzene rings is 1. The standard InChI is InChI=1S/C13H15FN2O2/c1-9(17)12-7-11(14)6-10(13(12)18)8-16(2)5-3-4-15/h6-7,18H,3,5,8H2,1-2H3. The summed E-state index contributed by atoms with van der Waals surface area (Å²) in [5, 5.41) is 18.3. The van der Waals surface area contributed by atoms with Crippen molar-refractivity contribution in [1.82, 2.24) is 4.90 Å². The summed E-state index contributed by atoms with van der Waals surface area (Å²) in [6, 6.07) is 4.23. The Morgan fingerprint density at radius 1 is 1.56 bits per heavy atom. The molecule has 5 heteroatoms. The minimum Gasteiger partial charge on any atom is -0.507 e. The van der Waals surface area contributed by atoms with Crippen LogP contribution in [0.5, 0.6) is 5.75 Å². The number of Topliss-reactive ketones (excluding diaryl/α,β-unsaturated/α-hetero) is 1. The molecule has 0 bridgehead atoms. The predicted molar refractivity (Wildman–Crippen MR) is 64.6 cm³/mol. The molecule has 4 nitrogen and oxygen atoms in total. The molecule has 0 heterocycles. The Morgan fingerprint density at radius 2 is 2.22 bits per heavy atom. The molecule has 0 unspecified atom stereocenters. The van der Waals surface area contributed by atoms with E-state index in [0.29, 0.717) is 18.5 Å². The molecular weight excluding hydrogens is 235 g/mol. The molecular formula is C13H15FN2O2. The SMILES string of the molecule is CC(=O)c1cc(F)cc(CN(C)CCC#N)c1O. The van der Waals surface area contributed by atoms with Crippen molar-refractivity contribution < 1.29 is 14.3 Å². The number of carbonyl (C=O) groups is 1. The molecule has 0 aliphatic rings. The molecule has 1 aromatic carbocycles. The lowest BCUT2D eigenvalue weighted by Gasteiger charge is -2.16. The van der Waals surface area contributed by atoms with E-state index in [2.05, 4.69) is 0 Å². The largest absolute Gasteiger partial charge is 0.507 e. The van der Waals surface area contributed by atoms with Crippen molar-refractivity contribution in [2.24, 2.45) is 0 Å². The molecule has 18 heavy (non-hydrogen) atoms. The van der Waals surface area contributed by atoms with Crippen LogP contribution in [0.15, 0.2) is 12.1 Å². The van der Waals surface area contributed by atoms with Crippen LogP contribution in [0.1, 0.15) is 29.3 Å². The Hall–Kier alpha value is -1.93. The van der Waals surface area contributed by atoms with Gasteiger partial charge in [0.25, 0.3) is 0 Å². The predicted octanol–water partition coefficient (Wildman–Crippen LogP) is 2.08. The van der Waals surface area contributed by atoms with E-state index in [1.165, 1.54) is 13.0 Å². The molecule has 0 amide bonds. The van der Waals surface area contributed by atoms with E-state index in [-0.39, 0.29) is 23.6 Å². The monoisotopic (exact) mass is 250 g/mol. The lowest BCUT2D eigenvalue weighted by Crippen LogP contribution is -2.19. The van der Waals surface area contributed by atoms with Gasteiger partial charge >= 0.3 is 0 Å². The minimum atomic E-state index is -0.554. The van der Waals surface area contributed by atoms with Crippen LogP contribution in [0.3, 0.4) is 0 Å². The molecule has 0 aromatic heterocycles. The van der Waals surface area contributed by atoms with Gasteiger partial charge in [0.15, 0.2) is 5.78 Å². The second-order valence-electron chi connectivity index (χ2n) is 4.16. The van der Waals surface area contributed by atoms with E-state index in [0.717, 1.165) is 6.07 Å². The van der Waals surface area contributed by atoms with Gasteiger partial charge in [-0.3, -0.25) is 4.79 Å². The van der Waals surface area contributed by atoms with Crippen LogP contribution in [0.4, 0.5) is 4.39 Å². The van der Waals surface area contributed by atoms with Crippen LogP contribution < -0.4 is 0 Å². The number of rotatable bonds is 5. The van der Waals surface area contributed by atoms with Gasteiger partial charge in [-0.05, 0) is 26.1 Å². The topological polar surface area (TPSA) is 64.3 Å². The van der Waals surface area contributed by atoms with Crippen LogP contribution in [0, 0.1) is 17.1 Å². The zero-order chi connectivity index (χ0) is 13.7. The Labute approximate surface area is 105 Å². The number of hydrogen-bond donors (Lipinski definition) is 1. The van der Waals surface area contributed by atoms with Crippen LogP contribution in [-0.2, 0) is 6.54 Å². The van der Waals surface area contributed by atoms with Gasteiger partial charge < -0.3 is 10.0 Å². The lowest BCUT2D eigenvalue weighted by atomic mass is 10.0.